The van der Waals surface area contributed by atoms with Gasteiger partial charge in [-0.15, -0.1) is 0 Å². The van der Waals surface area contributed by atoms with Crippen LogP contribution in [0.15, 0.2) is 18.2 Å². The normalized spacial score (nSPS) is 17.9. The number of hydrogen-bond acceptors (Lipinski definition) is 6. The molecule has 1 unspecified atom stereocenters. The minimum absolute atomic E-state index is 0.0154. The number of hydrogen-bond donors (Lipinski definition) is 3. The Labute approximate surface area is 116 Å². The lowest BCUT2D eigenvalue weighted by atomic mass is 10.2. The molecule has 1 aromatic carbocycles. The molecule has 1 atom stereocenters. The third-order valence-electron chi connectivity index (χ3n) is 3.29. The predicted molar refractivity (Wildman–Crippen MR) is 75.3 cm³/mol. The summed E-state index contributed by atoms with van der Waals surface area (Å²) in [5.74, 6) is 5.23. The van der Waals surface area contributed by atoms with Crippen LogP contribution in [0.5, 0.6) is 0 Å². The molecule has 1 fully saturated rings. The van der Waals surface area contributed by atoms with Crippen molar-refractivity contribution in [3.63, 3.8) is 0 Å². The zero-order chi connectivity index (χ0) is 14.7. The van der Waals surface area contributed by atoms with E-state index in [1.807, 2.05) is 4.90 Å². The van der Waals surface area contributed by atoms with E-state index in [1.165, 1.54) is 6.92 Å². The monoisotopic (exact) mass is 279 g/mol. The Morgan fingerprint density at radius 1 is 1.55 bits per heavy atom. The lowest BCUT2D eigenvalue weighted by Gasteiger charge is -2.19. The molecule has 1 amide bonds. The fourth-order valence-electron chi connectivity index (χ4n) is 2.48. The van der Waals surface area contributed by atoms with Gasteiger partial charge in [0.15, 0.2) is 0 Å². The van der Waals surface area contributed by atoms with Crippen LogP contribution >= 0.6 is 0 Å². The molecule has 0 aliphatic carbocycles. The standard InChI is InChI=1S/C12H17N5O3/c1-8(18)14-9-5-6-16(7-9)11-4-2-3-10(15-13)12(11)17(19)20/h2-4,9,15H,5-7,13H2,1H3,(H,14,18). The number of nitrogens with one attached hydrogen (secondary N) is 2. The Bertz CT molecular complexity index is 534. The number of carbonyl (C=O) groups is 1. The van der Waals surface area contributed by atoms with Crippen LogP contribution in [0.4, 0.5) is 17.1 Å². The van der Waals surface area contributed by atoms with Crippen molar-refractivity contribution < 1.29 is 9.72 Å². The van der Waals surface area contributed by atoms with Crippen LogP contribution in [0.1, 0.15) is 13.3 Å². The van der Waals surface area contributed by atoms with Crippen molar-refractivity contribution in [3.8, 4) is 0 Å². The van der Waals surface area contributed by atoms with Gasteiger partial charge < -0.3 is 15.6 Å². The zero-order valence-corrected chi connectivity index (χ0v) is 11.1. The Balaban J connectivity index is 2.25. The third-order valence-corrected chi connectivity index (χ3v) is 3.29. The molecule has 0 spiro atoms. The largest absolute Gasteiger partial charge is 0.364 e. The summed E-state index contributed by atoms with van der Waals surface area (Å²) < 4.78 is 0. The number of rotatable bonds is 4. The van der Waals surface area contributed by atoms with Gasteiger partial charge in [-0.3, -0.25) is 20.8 Å². The lowest BCUT2D eigenvalue weighted by molar-refractivity contribution is -0.383. The molecule has 1 heterocycles. The second-order valence-corrected chi connectivity index (χ2v) is 4.71. The van der Waals surface area contributed by atoms with Crippen LogP contribution < -0.4 is 21.5 Å². The van der Waals surface area contributed by atoms with Crippen LogP contribution in [-0.2, 0) is 4.79 Å². The van der Waals surface area contributed by atoms with Crippen molar-refractivity contribution in [2.45, 2.75) is 19.4 Å². The first-order chi connectivity index (χ1) is 9.52. The van der Waals surface area contributed by atoms with E-state index in [0.29, 0.717) is 18.8 Å². The fraction of sp³-hybridized carbons (Fsp3) is 0.417. The Morgan fingerprint density at radius 3 is 2.90 bits per heavy atom. The van der Waals surface area contributed by atoms with Gasteiger partial charge in [0, 0.05) is 26.1 Å². The number of nitro benzene ring substituents is 1. The van der Waals surface area contributed by atoms with Gasteiger partial charge in [0.25, 0.3) is 0 Å². The number of para-hydroxylation sites is 1. The highest BCUT2D eigenvalue weighted by molar-refractivity contribution is 5.77. The minimum atomic E-state index is -0.448. The van der Waals surface area contributed by atoms with E-state index in [9.17, 15) is 14.9 Å². The lowest BCUT2D eigenvalue weighted by Crippen LogP contribution is -2.35. The van der Waals surface area contributed by atoms with Crippen molar-refractivity contribution in [2.75, 3.05) is 23.4 Å². The molecule has 20 heavy (non-hydrogen) atoms. The van der Waals surface area contributed by atoms with Crippen molar-refractivity contribution >= 4 is 23.0 Å². The number of nitrogens with zero attached hydrogens (tertiary/aromatic N) is 2. The second kappa shape index (κ2) is 5.74. The first kappa shape index (κ1) is 14.1. The summed E-state index contributed by atoms with van der Waals surface area (Å²) in [6, 6.07) is 4.98. The molecule has 0 radical (unpaired) electrons. The maximum atomic E-state index is 11.2. The van der Waals surface area contributed by atoms with E-state index in [4.69, 9.17) is 5.84 Å². The number of nitro groups is 1. The number of benzene rings is 1. The number of hydrazine groups is 1. The molecule has 0 bridgehead atoms. The van der Waals surface area contributed by atoms with Crippen LogP contribution in [-0.4, -0.2) is 30.0 Å². The smallest absolute Gasteiger partial charge is 0.316 e. The van der Waals surface area contributed by atoms with Gasteiger partial charge in [0.1, 0.15) is 11.4 Å². The zero-order valence-electron chi connectivity index (χ0n) is 11.1. The van der Waals surface area contributed by atoms with Gasteiger partial charge in [0.2, 0.25) is 5.91 Å². The molecular formula is C12H17N5O3. The van der Waals surface area contributed by atoms with Gasteiger partial charge in [0.05, 0.1) is 4.92 Å². The predicted octanol–water partition coefficient (Wildman–Crippen LogP) is 0.595. The van der Waals surface area contributed by atoms with Crippen molar-refractivity contribution in [1.29, 1.82) is 0 Å². The highest BCUT2D eigenvalue weighted by atomic mass is 16.6. The van der Waals surface area contributed by atoms with Gasteiger partial charge in [-0.1, -0.05) is 6.07 Å². The summed E-state index contributed by atoms with van der Waals surface area (Å²) >= 11 is 0. The van der Waals surface area contributed by atoms with Gasteiger partial charge in [-0.05, 0) is 18.6 Å². The van der Waals surface area contributed by atoms with E-state index in [1.54, 1.807) is 18.2 Å². The molecule has 1 aliphatic heterocycles. The van der Waals surface area contributed by atoms with Gasteiger partial charge in [-0.2, -0.15) is 0 Å². The third kappa shape index (κ3) is 2.80. The number of amides is 1. The van der Waals surface area contributed by atoms with E-state index in [-0.39, 0.29) is 23.3 Å². The molecule has 2 rings (SSSR count). The summed E-state index contributed by atoms with van der Waals surface area (Å²) in [6.45, 7) is 2.67. The van der Waals surface area contributed by atoms with Crippen LogP contribution in [0.25, 0.3) is 0 Å². The summed E-state index contributed by atoms with van der Waals surface area (Å²) in [4.78, 5) is 23.7. The maximum absolute atomic E-state index is 11.2. The molecule has 1 aliphatic rings. The first-order valence-electron chi connectivity index (χ1n) is 6.29. The highest BCUT2D eigenvalue weighted by Gasteiger charge is 2.29. The number of carbonyl (C=O) groups excluding carboxylic acids is 1. The average molecular weight is 279 g/mol. The number of nitrogens with two attached hydrogens (primary N) is 1. The molecule has 4 N–H and O–H groups in total. The molecule has 108 valence electrons. The van der Waals surface area contributed by atoms with E-state index >= 15 is 0 Å². The van der Waals surface area contributed by atoms with Gasteiger partial charge >= 0.3 is 5.69 Å². The molecule has 8 heteroatoms. The Hall–Kier alpha value is -2.35. The number of anilines is 2. The molecule has 1 aromatic rings. The average Bonchev–Trinajstić information content (AvgIpc) is 2.85. The molecule has 0 saturated carbocycles. The minimum Gasteiger partial charge on any atom is -0.364 e. The van der Waals surface area contributed by atoms with E-state index < -0.39 is 4.92 Å². The quantitative estimate of drug-likeness (QED) is 0.422. The first-order valence-corrected chi connectivity index (χ1v) is 6.29. The summed E-state index contributed by atoms with van der Waals surface area (Å²) in [6.07, 6.45) is 0.761. The number of nitrogen functional groups attached to an aromatic ring is 1. The van der Waals surface area contributed by atoms with Gasteiger partial charge in [-0.25, -0.2) is 0 Å². The van der Waals surface area contributed by atoms with E-state index in [0.717, 1.165) is 6.42 Å². The van der Waals surface area contributed by atoms with Crippen molar-refractivity contribution in [1.82, 2.24) is 5.32 Å². The van der Waals surface area contributed by atoms with Crippen LogP contribution in [0, 0.1) is 10.1 Å². The summed E-state index contributed by atoms with van der Waals surface area (Å²) in [5, 5.41) is 14.1. The summed E-state index contributed by atoms with van der Waals surface area (Å²) in [5.41, 5.74) is 3.09. The Morgan fingerprint density at radius 2 is 2.30 bits per heavy atom. The van der Waals surface area contributed by atoms with Crippen molar-refractivity contribution in [3.05, 3.63) is 28.3 Å². The molecule has 0 aromatic heterocycles. The Kier molecular flexibility index (Phi) is 4.04. The topological polar surface area (TPSA) is 114 Å². The van der Waals surface area contributed by atoms with Crippen LogP contribution in [0.2, 0.25) is 0 Å². The van der Waals surface area contributed by atoms with E-state index in [2.05, 4.69) is 10.7 Å². The van der Waals surface area contributed by atoms with Crippen molar-refractivity contribution in [2.24, 2.45) is 5.84 Å². The maximum Gasteiger partial charge on any atom is 0.316 e. The molecule has 8 nitrogen and oxygen atoms in total. The summed E-state index contributed by atoms with van der Waals surface area (Å²) in [7, 11) is 0. The SMILES string of the molecule is CC(=O)NC1CCN(c2cccc(NN)c2[N+](=O)[O-])C1. The molecule has 1 saturated heterocycles. The molecular weight excluding hydrogens is 262 g/mol. The fourth-order valence-corrected chi connectivity index (χ4v) is 2.48. The van der Waals surface area contributed by atoms with Crippen LogP contribution in [0.3, 0.4) is 0 Å². The highest BCUT2D eigenvalue weighted by Crippen LogP contribution is 2.36. The second-order valence-electron chi connectivity index (χ2n) is 4.71.